The van der Waals surface area contributed by atoms with Crippen LogP contribution in [0.4, 0.5) is 5.69 Å². The molecular formula is C15H22BrN. The first-order chi connectivity index (χ1) is 8.06. The van der Waals surface area contributed by atoms with Gasteiger partial charge in [0.25, 0.3) is 0 Å². The molecule has 1 saturated carbocycles. The van der Waals surface area contributed by atoms with Gasteiger partial charge >= 0.3 is 0 Å². The third-order valence-electron chi connectivity index (χ3n) is 3.92. The van der Waals surface area contributed by atoms with Crippen molar-refractivity contribution in [3.05, 3.63) is 28.2 Å². The average Bonchev–Trinajstić information content (AvgIpc) is 2.28. The highest BCUT2D eigenvalue weighted by atomic mass is 79.9. The van der Waals surface area contributed by atoms with Crippen molar-refractivity contribution >= 4 is 21.6 Å². The Bertz CT molecular complexity index is 389. The van der Waals surface area contributed by atoms with Gasteiger partial charge in [0.2, 0.25) is 0 Å². The summed E-state index contributed by atoms with van der Waals surface area (Å²) in [6.45, 7) is 6.88. The number of anilines is 1. The fraction of sp³-hybridized carbons (Fsp3) is 0.600. The first-order valence-corrected chi connectivity index (χ1v) is 7.38. The summed E-state index contributed by atoms with van der Waals surface area (Å²) in [5.74, 6) is 1.63. The van der Waals surface area contributed by atoms with Crippen LogP contribution in [0.1, 0.15) is 38.7 Å². The Morgan fingerprint density at radius 1 is 1.24 bits per heavy atom. The summed E-state index contributed by atoms with van der Waals surface area (Å²) in [5.41, 5.74) is 2.56. The van der Waals surface area contributed by atoms with Crippen LogP contribution in [0.15, 0.2) is 22.7 Å². The summed E-state index contributed by atoms with van der Waals surface area (Å²) in [4.78, 5) is 0. The van der Waals surface area contributed by atoms with Gasteiger partial charge in [0, 0.05) is 16.2 Å². The predicted molar refractivity (Wildman–Crippen MR) is 78.5 cm³/mol. The number of hydrogen-bond acceptors (Lipinski definition) is 1. The van der Waals surface area contributed by atoms with Crippen molar-refractivity contribution in [1.82, 2.24) is 0 Å². The van der Waals surface area contributed by atoms with E-state index < -0.39 is 0 Å². The summed E-state index contributed by atoms with van der Waals surface area (Å²) in [6, 6.07) is 7.13. The van der Waals surface area contributed by atoms with E-state index in [1.807, 2.05) is 0 Å². The van der Waals surface area contributed by atoms with Crippen molar-refractivity contribution < 1.29 is 0 Å². The van der Waals surface area contributed by atoms with Gasteiger partial charge in [-0.15, -0.1) is 0 Å². The maximum Gasteiger partial charge on any atom is 0.0489 e. The highest BCUT2D eigenvalue weighted by Gasteiger charge is 2.25. The normalized spacial score (nSPS) is 29.1. The molecule has 0 heterocycles. The zero-order chi connectivity index (χ0) is 12.4. The lowest BCUT2D eigenvalue weighted by atomic mass is 9.80. The molecule has 0 radical (unpaired) electrons. The van der Waals surface area contributed by atoms with Crippen LogP contribution in [0, 0.1) is 18.8 Å². The molecule has 2 heteroatoms. The van der Waals surface area contributed by atoms with Gasteiger partial charge in [0.1, 0.15) is 0 Å². The van der Waals surface area contributed by atoms with Crippen molar-refractivity contribution in [3.63, 3.8) is 0 Å². The Balaban J connectivity index is 2.11. The molecule has 1 N–H and O–H groups in total. The van der Waals surface area contributed by atoms with Gasteiger partial charge in [0.15, 0.2) is 0 Å². The largest absolute Gasteiger partial charge is 0.381 e. The number of nitrogens with one attached hydrogen (secondary N) is 1. The van der Waals surface area contributed by atoms with Crippen molar-refractivity contribution in [2.75, 3.05) is 5.32 Å². The summed E-state index contributed by atoms with van der Waals surface area (Å²) in [6.07, 6.45) is 4.03. The van der Waals surface area contributed by atoms with Crippen LogP contribution in [0.2, 0.25) is 0 Å². The molecule has 2 rings (SSSR count). The van der Waals surface area contributed by atoms with Crippen LogP contribution in [0.25, 0.3) is 0 Å². The molecule has 0 bridgehead atoms. The highest BCUT2D eigenvalue weighted by molar-refractivity contribution is 9.10. The number of benzene rings is 1. The van der Waals surface area contributed by atoms with Crippen LogP contribution < -0.4 is 5.32 Å². The van der Waals surface area contributed by atoms with Crippen molar-refractivity contribution in [3.8, 4) is 0 Å². The lowest BCUT2D eigenvalue weighted by Crippen LogP contribution is -2.33. The van der Waals surface area contributed by atoms with Gasteiger partial charge in [-0.2, -0.15) is 0 Å². The fourth-order valence-electron chi connectivity index (χ4n) is 2.68. The van der Waals surface area contributed by atoms with E-state index in [9.17, 15) is 0 Å². The van der Waals surface area contributed by atoms with Gasteiger partial charge in [0.05, 0.1) is 0 Å². The minimum atomic E-state index is 0.622. The second kappa shape index (κ2) is 5.43. The molecule has 3 atom stereocenters. The number of halogens is 1. The number of rotatable bonds is 2. The highest BCUT2D eigenvalue weighted by Crippen LogP contribution is 2.32. The average molecular weight is 296 g/mol. The van der Waals surface area contributed by atoms with Gasteiger partial charge in [-0.25, -0.2) is 0 Å². The molecule has 0 amide bonds. The second-order valence-electron chi connectivity index (χ2n) is 5.63. The lowest BCUT2D eigenvalue weighted by molar-refractivity contribution is 0.280. The van der Waals surface area contributed by atoms with Crippen LogP contribution in [-0.4, -0.2) is 6.04 Å². The van der Waals surface area contributed by atoms with E-state index in [-0.39, 0.29) is 0 Å². The molecule has 17 heavy (non-hydrogen) atoms. The van der Waals surface area contributed by atoms with E-state index in [1.165, 1.54) is 35.0 Å². The third kappa shape index (κ3) is 3.25. The third-order valence-corrected chi connectivity index (χ3v) is 4.61. The van der Waals surface area contributed by atoms with E-state index in [2.05, 4.69) is 60.2 Å². The molecule has 0 saturated heterocycles. The quantitative estimate of drug-likeness (QED) is 0.810. The molecule has 0 aliphatic heterocycles. The van der Waals surface area contributed by atoms with Crippen molar-refractivity contribution in [2.24, 2.45) is 11.8 Å². The monoisotopic (exact) mass is 295 g/mol. The van der Waals surface area contributed by atoms with Gasteiger partial charge in [-0.1, -0.05) is 26.3 Å². The minimum absolute atomic E-state index is 0.622. The van der Waals surface area contributed by atoms with Crippen LogP contribution in [0.3, 0.4) is 0 Å². The standard InChI is InChI=1S/C15H22BrN/c1-10-4-6-12(3)14(8-10)17-15-9-11(2)5-7-13(15)16/h5,7,9-10,12,14,17H,4,6,8H2,1-3H3. The molecule has 1 aromatic carbocycles. The lowest BCUT2D eigenvalue weighted by Gasteiger charge is -2.34. The second-order valence-corrected chi connectivity index (χ2v) is 6.48. The molecule has 0 spiro atoms. The minimum Gasteiger partial charge on any atom is -0.381 e. The van der Waals surface area contributed by atoms with Crippen LogP contribution >= 0.6 is 15.9 Å². The van der Waals surface area contributed by atoms with Gasteiger partial charge in [-0.05, 0) is 65.2 Å². The molecule has 0 aromatic heterocycles. The van der Waals surface area contributed by atoms with E-state index in [1.54, 1.807) is 0 Å². The SMILES string of the molecule is Cc1ccc(Br)c(NC2CC(C)CCC2C)c1. The summed E-state index contributed by atoms with van der Waals surface area (Å²) in [5, 5.41) is 3.72. The Morgan fingerprint density at radius 2 is 2.00 bits per heavy atom. The smallest absolute Gasteiger partial charge is 0.0489 e. The van der Waals surface area contributed by atoms with Crippen molar-refractivity contribution in [1.29, 1.82) is 0 Å². The molecule has 1 nitrogen and oxygen atoms in total. The van der Waals surface area contributed by atoms with Crippen LogP contribution in [0.5, 0.6) is 0 Å². The summed E-state index contributed by atoms with van der Waals surface area (Å²) in [7, 11) is 0. The Hall–Kier alpha value is -0.500. The van der Waals surface area contributed by atoms with E-state index >= 15 is 0 Å². The van der Waals surface area contributed by atoms with E-state index in [0.29, 0.717) is 6.04 Å². The maximum absolute atomic E-state index is 3.72. The van der Waals surface area contributed by atoms with E-state index in [4.69, 9.17) is 0 Å². The maximum atomic E-state index is 3.72. The molecule has 1 aliphatic carbocycles. The molecule has 1 aromatic rings. The topological polar surface area (TPSA) is 12.0 Å². The van der Waals surface area contributed by atoms with Gasteiger partial charge < -0.3 is 5.32 Å². The first kappa shape index (κ1) is 12.9. The predicted octanol–water partition coefficient (Wildman–Crippen LogP) is 4.99. The number of aryl methyl sites for hydroxylation is 1. The molecule has 1 fully saturated rings. The molecule has 3 unspecified atom stereocenters. The fourth-order valence-corrected chi connectivity index (χ4v) is 3.04. The van der Waals surface area contributed by atoms with Crippen molar-refractivity contribution in [2.45, 2.75) is 46.1 Å². The Kier molecular flexibility index (Phi) is 4.13. The first-order valence-electron chi connectivity index (χ1n) is 6.59. The Morgan fingerprint density at radius 3 is 2.76 bits per heavy atom. The van der Waals surface area contributed by atoms with Crippen LogP contribution in [-0.2, 0) is 0 Å². The van der Waals surface area contributed by atoms with E-state index in [0.717, 1.165) is 11.8 Å². The summed E-state index contributed by atoms with van der Waals surface area (Å²) < 4.78 is 1.17. The number of hydrogen-bond donors (Lipinski definition) is 1. The zero-order valence-electron chi connectivity index (χ0n) is 11.0. The zero-order valence-corrected chi connectivity index (χ0v) is 12.5. The van der Waals surface area contributed by atoms with Gasteiger partial charge in [-0.3, -0.25) is 0 Å². The molecule has 1 aliphatic rings. The summed E-state index contributed by atoms with van der Waals surface area (Å²) >= 11 is 3.63. The molecular weight excluding hydrogens is 274 g/mol. The molecule has 94 valence electrons. The Labute approximate surface area is 113 Å².